The highest BCUT2D eigenvalue weighted by atomic mass is 32.2. The third kappa shape index (κ3) is 5.00. The Morgan fingerprint density at radius 1 is 1.11 bits per heavy atom. The minimum Gasteiger partial charge on any atom is -0.324 e. The molecule has 0 aliphatic rings. The number of anilines is 2. The van der Waals surface area contributed by atoms with Gasteiger partial charge in [0.15, 0.2) is 0 Å². The third-order valence-corrected chi connectivity index (χ3v) is 5.07. The highest BCUT2D eigenvalue weighted by Gasteiger charge is 2.33. The number of halogens is 4. The molecule has 0 fully saturated rings. The number of hydrogen-bond donors (Lipinski definition) is 1. The Bertz CT molecular complexity index is 944. The zero-order valence-electron chi connectivity index (χ0n) is 15.0. The van der Waals surface area contributed by atoms with Crippen molar-refractivity contribution in [2.75, 3.05) is 15.9 Å². The molecule has 0 saturated carbocycles. The second kappa shape index (κ2) is 8.17. The van der Waals surface area contributed by atoms with Crippen molar-refractivity contribution in [2.24, 2.45) is 0 Å². The van der Waals surface area contributed by atoms with Gasteiger partial charge in [0, 0.05) is 5.69 Å². The first-order valence-corrected chi connectivity index (χ1v) is 10.0. The standard InChI is InChI=1S/C18H18F4N2O3S/c1-3-15(24(28(2,26)27)16-7-5-4-6-14(16)19)17(25)23-13-10-8-12(9-11-13)18(20,21)22/h4-11,15H,3H2,1-2H3,(H,23,25). The van der Waals surface area contributed by atoms with E-state index in [9.17, 15) is 30.8 Å². The monoisotopic (exact) mass is 418 g/mol. The first-order valence-electron chi connectivity index (χ1n) is 8.17. The molecule has 5 nitrogen and oxygen atoms in total. The van der Waals surface area contributed by atoms with Gasteiger partial charge in [0.05, 0.1) is 17.5 Å². The smallest absolute Gasteiger partial charge is 0.324 e. The normalized spacial score (nSPS) is 13.1. The van der Waals surface area contributed by atoms with E-state index < -0.39 is 39.5 Å². The Morgan fingerprint density at radius 2 is 1.68 bits per heavy atom. The maximum atomic E-state index is 14.2. The molecule has 0 aromatic heterocycles. The number of benzene rings is 2. The van der Waals surface area contributed by atoms with Crippen molar-refractivity contribution in [3.63, 3.8) is 0 Å². The van der Waals surface area contributed by atoms with E-state index in [1.165, 1.54) is 25.1 Å². The van der Waals surface area contributed by atoms with Gasteiger partial charge < -0.3 is 5.32 Å². The lowest BCUT2D eigenvalue weighted by Crippen LogP contribution is -2.47. The van der Waals surface area contributed by atoms with Gasteiger partial charge in [-0.3, -0.25) is 9.10 Å². The molecule has 0 aliphatic heterocycles. The second-order valence-corrected chi connectivity index (χ2v) is 7.86. The minimum absolute atomic E-state index is 0.00781. The lowest BCUT2D eigenvalue weighted by Gasteiger charge is -2.30. The molecule has 10 heteroatoms. The van der Waals surface area contributed by atoms with Crippen LogP contribution in [-0.4, -0.2) is 26.6 Å². The maximum absolute atomic E-state index is 14.2. The molecule has 0 heterocycles. The van der Waals surface area contributed by atoms with E-state index in [0.29, 0.717) is 4.31 Å². The van der Waals surface area contributed by atoms with Gasteiger partial charge >= 0.3 is 6.18 Å². The van der Waals surface area contributed by atoms with Gasteiger partial charge in [-0.1, -0.05) is 19.1 Å². The molecule has 0 aliphatic carbocycles. The number of rotatable bonds is 6. The second-order valence-electron chi connectivity index (χ2n) is 6.00. The zero-order chi connectivity index (χ0) is 21.1. The zero-order valence-corrected chi connectivity index (χ0v) is 15.8. The van der Waals surface area contributed by atoms with Crippen LogP contribution < -0.4 is 9.62 Å². The molecular formula is C18H18F4N2O3S. The van der Waals surface area contributed by atoms with Crippen molar-refractivity contribution >= 4 is 27.3 Å². The Hall–Kier alpha value is -2.62. The van der Waals surface area contributed by atoms with Crippen molar-refractivity contribution in [2.45, 2.75) is 25.6 Å². The Morgan fingerprint density at radius 3 is 2.14 bits per heavy atom. The van der Waals surface area contributed by atoms with Crippen LogP contribution in [0, 0.1) is 5.82 Å². The average Bonchev–Trinajstić information content (AvgIpc) is 2.59. The summed E-state index contributed by atoms with van der Waals surface area (Å²) in [4.78, 5) is 12.6. The summed E-state index contributed by atoms with van der Waals surface area (Å²) < 4.78 is 77.2. The molecule has 1 atom stereocenters. The summed E-state index contributed by atoms with van der Waals surface area (Å²) in [6, 6.07) is 7.50. The predicted octanol–water partition coefficient (Wildman–Crippen LogP) is 4.03. The predicted molar refractivity (Wildman–Crippen MR) is 97.9 cm³/mol. The number of alkyl halides is 3. The summed E-state index contributed by atoms with van der Waals surface area (Å²) in [5, 5.41) is 2.38. The molecule has 2 aromatic carbocycles. The fraction of sp³-hybridized carbons (Fsp3) is 0.278. The van der Waals surface area contributed by atoms with Crippen molar-refractivity contribution < 1.29 is 30.8 Å². The van der Waals surface area contributed by atoms with Crippen molar-refractivity contribution in [1.82, 2.24) is 0 Å². The highest BCUT2D eigenvalue weighted by Crippen LogP contribution is 2.30. The first-order chi connectivity index (χ1) is 12.9. The quantitative estimate of drug-likeness (QED) is 0.721. The number of sulfonamides is 1. The Kier molecular flexibility index (Phi) is 6.33. The van der Waals surface area contributed by atoms with Crippen LogP contribution in [0.15, 0.2) is 48.5 Å². The number of carbonyl (C=O) groups excluding carboxylic acids is 1. The molecular weight excluding hydrogens is 400 g/mol. The largest absolute Gasteiger partial charge is 0.416 e. The highest BCUT2D eigenvalue weighted by molar-refractivity contribution is 7.92. The lowest BCUT2D eigenvalue weighted by atomic mass is 10.1. The van der Waals surface area contributed by atoms with Gasteiger partial charge in [0.1, 0.15) is 11.9 Å². The number of amides is 1. The molecule has 0 bridgehead atoms. The van der Waals surface area contributed by atoms with Gasteiger partial charge in [-0.15, -0.1) is 0 Å². The molecule has 152 valence electrons. The van der Waals surface area contributed by atoms with Gasteiger partial charge in [0.25, 0.3) is 0 Å². The molecule has 2 rings (SSSR count). The first kappa shape index (κ1) is 21.7. The number of para-hydroxylation sites is 1. The molecule has 0 spiro atoms. The maximum Gasteiger partial charge on any atom is 0.416 e. The van der Waals surface area contributed by atoms with E-state index in [-0.39, 0.29) is 17.8 Å². The average molecular weight is 418 g/mol. The van der Waals surface area contributed by atoms with Crippen LogP contribution in [0.25, 0.3) is 0 Å². The van der Waals surface area contributed by atoms with Crippen LogP contribution in [0.4, 0.5) is 28.9 Å². The van der Waals surface area contributed by atoms with Gasteiger partial charge in [-0.25, -0.2) is 12.8 Å². The van der Waals surface area contributed by atoms with Crippen molar-refractivity contribution in [1.29, 1.82) is 0 Å². The Labute approximate surface area is 160 Å². The molecule has 1 amide bonds. The van der Waals surface area contributed by atoms with Gasteiger partial charge in [0.2, 0.25) is 15.9 Å². The molecule has 2 aromatic rings. The SMILES string of the molecule is CCC(C(=O)Nc1ccc(C(F)(F)F)cc1)N(c1ccccc1F)S(C)(=O)=O. The van der Waals surface area contributed by atoms with E-state index in [1.807, 2.05) is 0 Å². The van der Waals surface area contributed by atoms with Gasteiger partial charge in [-0.2, -0.15) is 13.2 Å². The van der Waals surface area contributed by atoms with E-state index in [1.54, 1.807) is 0 Å². The van der Waals surface area contributed by atoms with Crippen LogP contribution >= 0.6 is 0 Å². The summed E-state index contributed by atoms with van der Waals surface area (Å²) in [6.45, 7) is 1.54. The van der Waals surface area contributed by atoms with E-state index >= 15 is 0 Å². The number of nitrogens with one attached hydrogen (secondary N) is 1. The summed E-state index contributed by atoms with van der Waals surface area (Å²) >= 11 is 0. The third-order valence-electron chi connectivity index (χ3n) is 3.90. The van der Waals surface area contributed by atoms with E-state index in [2.05, 4.69) is 5.32 Å². The topological polar surface area (TPSA) is 66.5 Å². The van der Waals surface area contributed by atoms with Crippen molar-refractivity contribution in [3.8, 4) is 0 Å². The molecule has 28 heavy (non-hydrogen) atoms. The lowest BCUT2D eigenvalue weighted by molar-refractivity contribution is -0.137. The van der Waals surface area contributed by atoms with Crippen LogP contribution in [0.1, 0.15) is 18.9 Å². The number of hydrogen-bond acceptors (Lipinski definition) is 3. The molecule has 0 radical (unpaired) electrons. The van der Waals surface area contributed by atoms with Crippen LogP contribution in [0.2, 0.25) is 0 Å². The van der Waals surface area contributed by atoms with E-state index in [0.717, 1.165) is 36.6 Å². The molecule has 1 unspecified atom stereocenters. The van der Waals surface area contributed by atoms with E-state index in [4.69, 9.17) is 0 Å². The Balaban J connectivity index is 2.33. The molecule has 1 N–H and O–H groups in total. The summed E-state index contributed by atoms with van der Waals surface area (Å²) in [6.07, 6.45) is -3.67. The molecule has 0 saturated heterocycles. The van der Waals surface area contributed by atoms with Crippen LogP contribution in [-0.2, 0) is 21.0 Å². The van der Waals surface area contributed by atoms with Crippen LogP contribution in [0.3, 0.4) is 0 Å². The van der Waals surface area contributed by atoms with Crippen LogP contribution in [0.5, 0.6) is 0 Å². The van der Waals surface area contributed by atoms with Crippen molar-refractivity contribution in [3.05, 3.63) is 59.9 Å². The minimum atomic E-state index is -4.52. The summed E-state index contributed by atoms with van der Waals surface area (Å²) in [5.41, 5.74) is -1.13. The number of nitrogens with zero attached hydrogens (tertiary/aromatic N) is 1. The fourth-order valence-corrected chi connectivity index (χ4v) is 3.85. The van der Waals surface area contributed by atoms with Gasteiger partial charge in [-0.05, 0) is 42.8 Å². The fourth-order valence-electron chi connectivity index (χ4n) is 2.63. The summed E-state index contributed by atoms with van der Waals surface area (Å²) in [7, 11) is -4.03. The number of carbonyl (C=O) groups is 1. The summed E-state index contributed by atoms with van der Waals surface area (Å²) in [5.74, 6) is -1.62.